The first-order chi connectivity index (χ1) is 11.5. The summed E-state index contributed by atoms with van der Waals surface area (Å²) in [6, 6.07) is 12.1. The smallest absolute Gasteiger partial charge is 0.303 e. The van der Waals surface area contributed by atoms with E-state index in [4.69, 9.17) is 5.11 Å². The summed E-state index contributed by atoms with van der Waals surface area (Å²) in [6.07, 6.45) is 3.96. The molecule has 3 N–H and O–H groups in total. The van der Waals surface area contributed by atoms with Crippen LogP contribution >= 0.6 is 0 Å². The zero-order valence-electron chi connectivity index (χ0n) is 12.8. The van der Waals surface area contributed by atoms with Crippen molar-refractivity contribution in [3.8, 4) is 28.6 Å². The highest BCUT2D eigenvalue weighted by Crippen LogP contribution is 2.30. The Morgan fingerprint density at radius 2 is 1.92 bits per heavy atom. The Kier molecular flexibility index (Phi) is 4.20. The number of hydrogen-bond donors (Lipinski definition) is 3. The molecule has 122 valence electrons. The molecule has 0 aliphatic carbocycles. The van der Waals surface area contributed by atoms with E-state index < -0.39 is 5.97 Å². The fourth-order valence-corrected chi connectivity index (χ4v) is 2.50. The zero-order valence-corrected chi connectivity index (χ0v) is 12.8. The second-order valence-corrected chi connectivity index (χ2v) is 5.39. The molecule has 0 saturated carbocycles. The van der Waals surface area contributed by atoms with E-state index in [1.54, 1.807) is 18.5 Å². The van der Waals surface area contributed by atoms with Crippen LogP contribution < -0.4 is 0 Å². The predicted molar refractivity (Wildman–Crippen MR) is 88.3 cm³/mol. The molecule has 24 heavy (non-hydrogen) atoms. The Bertz CT molecular complexity index is 886. The number of imidazole rings is 1. The van der Waals surface area contributed by atoms with Gasteiger partial charge in [0.1, 0.15) is 5.82 Å². The molecule has 0 saturated heterocycles. The zero-order chi connectivity index (χ0) is 17.1. The number of aromatic nitrogens is 2. The third kappa shape index (κ3) is 3.22. The molecular formula is C18H16N2O4. The maximum Gasteiger partial charge on any atom is 0.303 e. The standard InChI is InChI=1S/C18H16N2O4/c21-15-6-5-13(11-16(15)22)18-19-8-9-20(18)14-3-1-2-12(10-14)4-7-17(23)24/h1-3,5-6,8-11,21-22H,4,7H2,(H,23,24). The van der Waals surface area contributed by atoms with Crippen LogP contribution in [0.5, 0.6) is 11.5 Å². The van der Waals surface area contributed by atoms with Crippen LogP contribution in [0.1, 0.15) is 12.0 Å². The van der Waals surface area contributed by atoms with Crippen LogP contribution in [0.4, 0.5) is 0 Å². The Labute approximate surface area is 138 Å². The number of aromatic hydroxyl groups is 2. The van der Waals surface area contributed by atoms with Crippen molar-refractivity contribution in [3.63, 3.8) is 0 Å². The predicted octanol–water partition coefficient (Wildman–Crippen LogP) is 2.97. The van der Waals surface area contributed by atoms with Gasteiger partial charge in [0.25, 0.3) is 0 Å². The van der Waals surface area contributed by atoms with Gasteiger partial charge in [0, 0.05) is 30.1 Å². The maximum absolute atomic E-state index is 10.7. The molecule has 0 amide bonds. The average molecular weight is 324 g/mol. The second kappa shape index (κ2) is 6.45. The number of aliphatic carboxylic acids is 1. The molecule has 0 unspecified atom stereocenters. The number of nitrogens with zero attached hydrogens (tertiary/aromatic N) is 2. The Morgan fingerprint density at radius 1 is 1.08 bits per heavy atom. The number of phenolic OH excluding ortho intramolecular Hbond substituents is 2. The topological polar surface area (TPSA) is 95.6 Å². The van der Waals surface area contributed by atoms with E-state index in [-0.39, 0.29) is 17.9 Å². The van der Waals surface area contributed by atoms with Gasteiger partial charge in [-0.1, -0.05) is 12.1 Å². The lowest BCUT2D eigenvalue weighted by atomic mass is 10.1. The minimum absolute atomic E-state index is 0.0755. The quantitative estimate of drug-likeness (QED) is 0.627. The van der Waals surface area contributed by atoms with E-state index in [0.717, 1.165) is 11.3 Å². The van der Waals surface area contributed by atoms with Crippen molar-refractivity contribution in [2.75, 3.05) is 0 Å². The van der Waals surface area contributed by atoms with Gasteiger partial charge in [0.15, 0.2) is 11.5 Å². The summed E-state index contributed by atoms with van der Waals surface area (Å²) in [5.41, 5.74) is 2.42. The van der Waals surface area contributed by atoms with Crippen LogP contribution in [0.15, 0.2) is 54.9 Å². The van der Waals surface area contributed by atoms with Gasteiger partial charge < -0.3 is 15.3 Å². The second-order valence-electron chi connectivity index (χ2n) is 5.39. The molecule has 0 aliphatic rings. The average Bonchev–Trinajstić information content (AvgIpc) is 3.05. The molecule has 6 heteroatoms. The molecule has 0 atom stereocenters. The van der Waals surface area contributed by atoms with Crippen molar-refractivity contribution in [2.45, 2.75) is 12.8 Å². The van der Waals surface area contributed by atoms with E-state index in [1.807, 2.05) is 28.8 Å². The van der Waals surface area contributed by atoms with Crippen LogP contribution in [0, 0.1) is 0 Å². The number of carboxylic acid groups (broad SMARTS) is 1. The van der Waals surface area contributed by atoms with Gasteiger partial charge in [0.05, 0.1) is 0 Å². The van der Waals surface area contributed by atoms with E-state index >= 15 is 0 Å². The Morgan fingerprint density at radius 3 is 2.67 bits per heavy atom. The summed E-state index contributed by atoms with van der Waals surface area (Å²) in [7, 11) is 0. The van der Waals surface area contributed by atoms with Crippen molar-refractivity contribution < 1.29 is 20.1 Å². The van der Waals surface area contributed by atoms with Crippen molar-refractivity contribution in [1.82, 2.24) is 9.55 Å². The third-order valence-corrected chi connectivity index (χ3v) is 3.69. The van der Waals surface area contributed by atoms with Gasteiger partial charge in [0.2, 0.25) is 0 Å². The lowest BCUT2D eigenvalue weighted by Gasteiger charge is -2.10. The van der Waals surface area contributed by atoms with Crippen LogP contribution in [-0.4, -0.2) is 30.8 Å². The van der Waals surface area contributed by atoms with Gasteiger partial charge in [-0.3, -0.25) is 9.36 Å². The highest BCUT2D eigenvalue weighted by Gasteiger charge is 2.11. The fourth-order valence-electron chi connectivity index (χ4n) is 2.50. The molecule has 0 fully saturated rings. The van der Waals surface area contributed by atoms with Gasteiger partial charge in [-0.25, -0.2) is 4.98 Å². The van der Waals surface area contributed by atoms with E-state index in [9.17, 15) is 15.0 Å². The summed E-state index contributed by atoms with van der Waals surface area (Å²) >= 11 is 0. The number of hydrogen-bond acceptors (Lipinski definition) is 4. The van der Waals surface area contributed by atoms with E-state index in [2.05, 4.69) is 4.98 Å². The van der Waals surface area contributed by atoms with Crippen molar-refractivity contribution in [2.24, 2.45) is 0 Å². The van der Waals surface area contributed by atoms with Crippen molar-refractivity contribution in [3.05, 3.63) is 60.4 Å². The first-order valence-electron chi connectivity index (χ1n) is 7.41. The van der Waals surface area contributed by atoms with Crippen molar-refractivity contribution in [1.29, 1.82) is 0 Å². The van der Waals surface area contributed by atoms with E-state index in [0.29, 0.717) is 17.8 Å². The van der Waals surface area contributed by atoms with Gasteiger partial charge >= 0.3 is 5.97 Å². The monoisotopic (exact) mass is 324 g/mol. The molecule has 6 nitrogen and oxygen atoms in total. The molecule has 0 aliphatic heterocycles. The third-order valence-electron chi connectivity index (χ3n) is 3.69. The molecule has 0 bridgehead atoms. The number of benzene rings is 2. The molecule has 0 spiro atoms. The summed E-state index contributed by atoms with van der Waals surface area (Å²) < 4.78 is 1.84. The van der Waals surface area contributed by atoms with Crippen molar-refractivity contribution >= 4 is 5.97 Å². The minimum atomic E-state index is -0.830. The maximum atomic E-state index is 10.7. The Balaban J connectivity index is 1.96. The lowest BCUT2D eigenvalue weighted by molar-refractivity contribution is -0.136. The summed E-state index contributed by atoms with van der Waals surface area (Å²) in [4.78, 5) is 15.0. The normalized spacial score (nSPS) is 10.7. The first kappa shape index (κ1) is 15.6. The van der Waals surface area contributed by atoms with Crippen LogP contribution in [0.25, 0.3) is 17.1 Å². The number of carbonyl (C=O) groups is 1. The summed E-state index contributed by atoms with van der Waals surface area (Å²) in [5.74, 6) is -0.617. The van der Waals surface area contributed by atoms with E-state index in [1.165, 1.54) is 12.1 Å². The fraction of sp³-hybridized carbons (Fsp3) is 0.111. The molecule has 1 heterocycles. The molecule has 0 radical (unpaired) electrons. The molecule has 1 aromatic heterocycles. The SMILES string of the molecule is O=C(O)CCc1cccc(-n2ccnc2-c2ccc(O)c(O)c2)c1. The highest BCUT2D eigenvalue weighted by atomic mass is 16.4. The van der Waals surface area contributed by atoms with Crippen LogP contribution in [-0.2, 0) is 11.2 Å². The minimum Gasteiger partial charge on any atom is -0.504 e. The number of carboxylic acids is 1. The molecular weight excluding hydrogens is 308 g/mol. The molecule has 3 rings (SSSR count). The summed E-state index contributed by atoms with van der Waals surface area (Å²) in [6.45, 7) is 0. The lowest BCUT2D eigenvalue weighted by Crippen LogP contribution is -2.00. The first-order valence-corrected chi connectivity index (χ1v) is 7.41. The molecule has 3 aromatic rings. The largest absolute Gasteiger partial charge is 0.504 e. The highest BCUT2D eigenvalue weighted by molar-refractivity contribution is 5.67. The van der Waals surface area contributed by atoms with Crippen LogP contribution in [0.3, 0.4) is 0 Å². The number of phenols is 2. The summed E-state index contributed by atoms with van der Waals surface area (Å²) in [5, 5.41) is 27.9. The number of aryl methyl sites for hydroxylation is 1. The molecule has 2 aromatic carbocycles. The van der Waals surface area contributed by atoms with Gasteiger partial charge in [-0.2, -0.15) is 0 Å². The van der Waals surface area contributed by atoms with Gasteiger partial charge in [-0.15, -0.1) is 0 Å². The van der Waals surface area contributed by atoms with Crippen LogP contribution in [0.2, 0.25) is 0 Å². The van der Waals surface area contributed by atoms with Gasteiger partial charge in [-0.05, 0) is 42.3 Å². The Hall–Kier alpha value is -3.28. The number of rotatable bonds is 5.